The van der Waals surface area contributed by atoms with Crippen molar-refractivity contribution in [3.05, 3.63) is 70.5 Å². The molecule has 0 fully saturated rings. The summed E-state index contributed by atoms with van der Waals surface area (Å²) in [6.45, 7) is 0. The van der Waals surface area contributed by atoms with E-state index in [2.05, 4.69) is 0 Å². The fourth-order valence-corrected chi connectivity index (χ4v) is 2.30. The second-order valence-electron chi connectivity index (χ2n) is 4.29. The van der Waals surface area contributed by atoms with Crippen molar-refractivity contribution in [3.8, 4) is 6.07 Å². The van der Waals surface area contributed by atoms with Crippen molar-refractivity contribution < 1.29 is 9.18 Å². The van der Waals surface area contributed by atoms with E-state index >= 15 is 0 Å². The van der Waals surface area contributed by atoms with Gasteiger partial charge in [-0.15, -0.1) is 0 Å². The first-order valence-corrected chi connectivity index (χ1v) is 6.43. The first kappa shape index (κ1) is 14.2. The molecule has 2 nitrogen and oxygen atoms in total. The number of Topliss-reactive ketones (excluding diaryl/α,β-unsaturated/α-hetero) is 1. The molecule has 0 aliphatic rings. The van der Waals surface area contributed by atoms with Crippen molar-refractivity contribution in [2.75, 3.05) is 0 Å². The lowest BCUT2D eigenvalue weighted by Gasteiger charge is -2.14. The van der Waals surface area contributed by atoms with E-state index in [4.69, 9.17) is 16.9 Å². The van der Waals surface area contributed by atoms with Gasteiger partial charge in [-0.3, -0.25) is 4.79 Å². The summed E-state index contributed by atoms with van der Waals surface area (Å²) in [6, 6.07) is 14.9. The summed E-state index contributed by atoms with van der Waals surface area (Å²) in [4.78, 5) is 12.5. The van der Waals surface area contributed by atoms with Crippen LogP contribution < -0.4 is 0 Å². The molecule has 100 valence electrons. The van der Waals surface area contributed by atoms with Gasteiger partial charge in [-0.25, -0.2) is 4.39 Å². The molecule has 0 heterocycles. The van der Waals surface area contributed by atoms with Crippen LogP contribution in [0.1, 0.15) is 28.3 Å². The summed E-state index contributed by atoms with van der Waals surface area (Å²) in [5, 5.41) is 8.97. The third-order valence-electron chi connectivity index (χ3n) is 3.02. The van der Waals surface area contributed by atoms with Crippen LogP contribution in [0.15, 0.2) is 48.5 Å². The Morgan fingerprint density at radius 1 is 1.20 bits per heavy atom. The number of hydrogen-bond acceptors (Lipinski definition) is 2. The maximum atomic E-state index is 13.8. The summed E-state index contributed by atoms with van der Waals surface area (Å²) in [7, 11) is 0. The summed E-state index contributed by atoms with van der Waals surface area (Å²) in [6.07, 6.45) is -0.0203. The minimum absolute atomic E-state index is 0.0203. The van der Waals surface area contributed by atoms with Crippen LogP contribution in [0.2, 0.25) is 5.02 Å². The van der Waals surface area contributed by atoms with Crippen LogP contribution in [0.5, 0.6) is 0 Å². The highest BCUT2D eigenvalue weighted by Gasteiger charge is 2.26. The van der Waals surface area contributed by atoms with Gasteiger partial charge in [-0.1, -0.05) is 48.0 Å². The lowest BCUT2D eigenvalue weighted by atomic mass is 9.88. The lowest BCUT2D eigenvalue weighted by molar-refractivity contribution is 0.0957. The highest BCUT2D eigenvalue weighted by Crippen LogP contribution is 2.29. The molecular weight excluding hydrogens is 277 g/mol. The first-order chi connectivity index (χ1) is 9.65. The van der Waals surface area contributed by atoms with Gasteiger partial charge < -0.3 is 0 Å². The zero-order valence-corrected chi connectivity index (χ0v) is 11.3. The Labute approximate surface area is 121 Å². The fourth-order valence-electron chi connectivity index (χ4n) is 2.05. The number of carbonyl (C=O) groups is 1. The third-order valence-corrected chi connectivity index (χ3v) is 3.34. The highest BCUT2D eigenvalue weighted by atomic mass is 35.5. The predicted molar refractivity (Wildman–Crippen MR) is 75.2 cm³/mol. The predicted octanol–water partition coefficient (Wildman–Crippen LogP) is 4.36. The largest absolute Gasteiger partial charge is 0.293 e. The standard InChI is InChI=1S/C16H11ClFNO/c17-13-7-4-8-14(18)15(13)16(20)12(9-10-19)11-5-2-1-3-6-11/h1-8,12H,9H2. The Hall–Kier alpha value is -2.18. The van der Waals surface area contributed by atoms with Crippen LogP contribution in [-0.2, 0) is 0 Å². The molecule has 20 heavy (non-hydrogen) atoms. The number of hydrogen-bond donors (Lipinski definition) is 0. The van der Waals surface area contributed by atoms with E-state index in [0.29, 0.717) is 5.56 Å². The smallest absolute Gasteiger partial charge is 0.175 e. The van der Waals surface area contributed by atoms with Crippen molar-refractivity contribution in [1.29, 1.82) is 5.26 Å². The minimum atomic E-state index is -0.712. The van der Waals surface area contributed by atoms with Crippen molar-refractivity contribution >= 4 is 17.4 Å². The van der Waals surface area contributed by atoms with E-state index in [9.17, 15) is 9.18 Å². The van der Waals surface area contributed by atoms with Crippen LogP contribution in [-0.4, -0.2) is 5.78 Å². The van der Waals surface area contributed by atoms with Gasteiger partial charge in [0.2, 0.25) is 0 Å². The Morgan fingerprint density at radius 2 is 1.90 bits per heavy atom. The second kappa shape index (κ2) is 6.31. The minimum Gasteiger partial charge on any atom is -0.293 e. The molecule has 0 bridgehead atoms. The molecule has 0 aliphatic heterocycles. The number of benzene rings is 2. The summed E-state index contributed by atoms with van der Waals surface area (Å²) in [5.74, 6) is -1.85. The average Bonchev–Trinajstić information content (AvgIpc) is 2.45. The molecule has 0 N–H and O–H groups in total. The van der Waals surface area contributed by atoms with Crippen LogP contribution in [0.4, 0.5) is 4.39 Å². The van der Waals surface area contributed by atoms with E-state index < -0.39 is 17.5 Å². The molecule has 0 radical (unpaired) electrons. The molecule has 0 saturated carbocycles. The van der Waals surface area contributed by atoms with Crippen molar-refractivity contribution in [2.24, 2.45) is 0 Å². The molecule has 4 heteroatoms. The maximum Gasteiger partial charge on any atom is 0.175 e. The molecular formula is C16H11ClFNO. The molecule has 0 saturated heterocycles. The average molecular weight is 288 g/mol. The van der Waals surface area contributed by atoms with Gasteiger partial charge in [0, 0.05) is 6.42 Å². The summed E-state index contributed by atoms with van der Waals surface area (Å²) < 4.78 is 13.8. The van der Waals surface area contributed by atoms with Crippen molar-refractivity contribution in [1.82, 2.24) is 0 Å². The van der Waals surface area contributed by atoms with Crippen LogP contribution in [0, 0.1) is 17.1 Å². The number of nitrogens with zero attached hydrogens (tertiary/aromatic N) is 1. The van der Waals surface area contributed by atoms with E-state index in [1.807, 2.05) is 12.1 Å². The first-order valence-electron chi connectivity index (χ1n) is 6.05. The zero-order valence-electron chi connectivity index (χ0n) is 10.5. The molecule has 0 amide bonds. The Bertz CT molecular complexity index is 644. The van der Waals surface area contributed by atoms with Gasteiger partial charge in [-0.05, 0) is 17.7 Å². The number of carbonyl (C=O) groups excluding carboxylic acids is 1. The number of nitriles is 1. The maximum absolute atomic E-state index is 13.8. The fraction of sp³-hybridized carbons (Fsp3) is 0.125. The number of halogens is 2. The van der Waals surface area contributed by atoms with E-state index in [0.717, 1.165) is 0 Å². The van der Waals surface area contributed by atoms with Gasteiger partial charge in [0.1, 0.15) is 5.82 Å². The van der Waals surface area contributed by atoms with Crippen LogP contribution >= 0.6 is 11.6 Å². The van der Waals surface area contributed by atoms with Gasteiger partial charge in [0.25, 0.3) is 0 Å². The van der Waals surface area contributed by atoms with Crippen molar-refractivity contribution in [3.63, 3.8) is 0 Å². The quantitative estimate of drug-likeness (QED) is 0.784. The van der Waals surface area contributed by atoms with Gasteiger partial charge in [0.05, 0.1) is 22.6 Å². The van der Waals surface area contributed by atoms with Gasteiger partial charge in [0.15, 0.2) is 5.78 Å². The Kier molecular flexibility index (Phi) is 4.49. The van der Waals surface area contributed by atoms with Crippen LogP contribution in [0.3, 0.4) is 0 Å². The molecule has 0 aliphatic carbocycles. The highest BCUT2D eigenvalue weighted by molar-refractivity contribution is 6.34. The van der Waals surface area contributed by atoms with E-state index in [1.165, 1.54) is 18.2 Å². The monoisotopic (exact) mass is 287 g/mol. The molecule has 1 atom stereocenters. The van der Waals surface area contributed by atoms with Crippen molar-refractivity contribution in [2.45, 2.75) is 12.3 Å². The molecule has 0 aromatic heterocycles. The van der Waals surface area contributed by atoms with Gasteiger partial charge in [-0.2, -0.15) is 5.26 Å². The van der Waals surface area contributed by atoms with Gasteiger partial charge >= 0.3 is 0 Å². The normalized spacial score (nSPS) is 11.7. The third kappa shape index (κ3) is 2.87. The lowest BCUT2D eigenvalue weighted by Crippen LogP contribution is -2.15. The number of ketones is 1. The van der Waals surface area contributed by atoms with E-state index in [1.54, 1.807) is 24.3 Å². The number of rotatable bonds is 4. The Morgan fingerprint density at radius 3 is 2.50 bits per heavy atom. The molecule has 1 unspecified atom stereocenters. The van der Waals surface area contributed by atoms with E-state index in [-0.39, 0.29) is 17.0 Å². The Balaban J connectivity index is 2.46. The molecule has 2 aromatic carbocycles. The molecule has 2 rings (SSSR count). The van der Waals surface area contributed by atoms with Crippen LogP contribution in [0.25, 0.3) is 0 Å². The molecule has 0 spiro atoms. The topological polar surface area (TPSA) is 40.9 Å². The summed E-state index contributed by atoms with van der Waals surface area (Å²) >= 11 is 5.91. The SMILES string of the molecule is N#CCC(C(=O)c1c(F)cccc1Cl)c1ccccc1. The molecule has 2 aromatic rings. The zero-order chi connectivity index (χ0) is 14.5. The summed E-state index contributed by atoms with van der Waals surface area (Å²) in [5.41, 5.74) is 0.525. The second-order valence-corrected chi connectivity index (χ2v) is 4.69.